The number of hydrogen-bond acceptors (Lipinski definition) is 5. The van der Waals surface area contributed by atoms with E-state index in [1.165, 1.54) is 11.8 Å². The highest BCUT2D eigenvalue weighted by Crippen LogP contribution is 2.35. The van der Waals surface area contributed by atoms with Gasteiger partial charge in [-0.05, 0) is 31.5 Å². The van der Waals surface area contributed by atoms with Gasteiger partial charge in [-0.15, -0.1) is 0 Å². The highest BCUT2D eigenvalue weighted by Gasteiger charge is 2.41. The molecule has 1 amide bonds. The van der Waals surface area contributed by atoms with Gasteiger partial charge < -0.3 is 19.1 Å². The fraction of sp³-hybridized carbons (Fsp3) is 0.333. The minimum absolute atomic E-state index is 0.0367. The molecule has 0 aliphatic carbocycles. The van der Waals surface area contributed by atoms with Gasteiger partial charge in [-0.3, -0.25) is 4.79 Å². The molecule has 4 rings (SSSR count). The van der Waals surface area contributed by atoms with E-state index in [1.54, 1.807) is 18.2 Å². The number of hydrogen-bond donors (Lipinski definition) is 1. The molecule has 1 atom stereocenters. The molecule has 0 bridgehead atoms. The molecule has 10 heteroatoms. The lowest BCUT2D eigenvalue weighted by molar-refractivity contribution is -0.153. The standard InChI is InChI=1S/C18H15ClF3N3O3/c1-9-6-12(15(27-9)18(20,21)22)16(26)25-5-4-11(8-25)23-17-24-13-3-2-10(19)7-14(13)28-17/h2-3,6-7,11H,4-5,8H2,1H3,(H,23,24). The van der Waals surface area contributed by atoms with Gasteiger partial charge in [0, 0.05) is 30.2 Å². The van der Waals surface area contributed by atoms with Crippen LogP contribution in [-0.2, 0) is 6.18 Å². The number of aromatic nitrogens is 1. The van der Waals surface area contributed by atoms with Crippen molar-refractivity contribution in [2.75, 3.05) is 18.4 Å². The quantitative estimate of drug-likeness (QED) is 0.672. The second-order valence-corrected chi connectivity index (χ2v) is 7.05. The first-order chi connectivity index (χ1) is 13.2. The molecule has 1 aliphatic rings. The van der Waals surface area contributed by atoms with Crippen molar-refractivity contribution in [3.8, 4) is 0 Å². The van der Waals surface area contributed by atoms with Crippen LogP contribution in [0.5, 0.6) is 0 Å². The molecule has 0 radical (unpaired) electrons. The highest BCUT2D eigenvalue weighted by molar-refractivity contribution is 6.31. The summed E-state index contributed by atoms with van der Waals surface area (Å²) >= 11 is 5.92. The molecule has 0 spiro atoms. The molecule has 3 heterocycles. The van der Waals surface area contributed by atoms with Crippen LogP contribution in [0.1, 0.15) is 28.3 Å². The van der Waals surface area contributed by atoms with Gasteiger partial charge in [-0.1, -0.05) is 11.6 Å². The largest absolute Gasteiger partial charge is 0.456 e. The number of aryl methyl sites for hydroxylation is 1. The Morgan fingerprint density at radius 1 is 1.32 bits per heavy atom. The van der Waals surface area contributed by atoms with Crippen molar-refractivity contribution >= 4 is 34.6 Å². The lowest BCUT2D eigenvalue weighted by atomic mass is 10.2. The van der Waals surface area contributed by atoms with Crippen molar-refractivity contribution in [3.05, 3.63) is 46.4 Å². The molecule has 6 nitrogen and oxygen atoms in total. The number of carbonyl (C=O) groups is 1. The number of rotatable bonds is 3. The van der Waals surface area contributed by atoms with Gasteiger partial charge in [0.05, 0.1) is 5.56 Å². The fourth-order valence-electron chi connectivity index (χ4n) is 3.25. The first-order valence-electron chi connectivity index (χ1n) is 8.50. The van der Waals surface area contributed by atoms with Crippen molar-refractivity contribution in [1.29, 1.82) is 0 Å². The number of fused-ring (bicyclic) bond motifs is 1. The molecule has 1 fully saturated rings. The number of amides is 1. The zero-order valence-corrected chi connectivity index (χ0v) is 15.4. The number of alkyl halides is 3. The summed E-state index contributed by atoms with van der Waals surface area (Å²) in [4.78, 5) is 18.2. The summed E-state index contributed by atoms with van der Waals surface area (Å²) in [6, 6.07) is 6.24. The van der Waals surface area contributed by atoms with E-state index in [9.17, 15) is 18.0 Å². The van der Waals surface area contributed by atoms with Crippen LogP contribution < -0.4 is 5.32 Å². The van der Waals surface area contributed by atoms with E-state index in [0.29, 0.717) is 29.1 Å². The van der Waals surface area contributed by atoms with E-state index in [4.69, 9.17) is 20.4 Å². The van der Waals surface area contributed by atoms with Crippen molar-refractivity contribution in [3.63, 3.8) is 0 Å². The Morgan fingerprint density at radius 2 is 2.11 bits per heavy atom. The molecule has 1 aliphatic heterocycles. The minimum Gasteiger partial charge on any atom is -0.456 e. The third kappa shape index (κ3) is 3.54. The predicted molar refractivity (Wildman–Crippen MR) is 95.4 cm³/mol. The molecule has 148 valence electrons. The van der Waals surface area contributed by atoms with Gasteiger partial charge in [-0.2, -0.15) is 18.2 Å². The van der Waals surface area contributed by atoms with Crippen molar-refractivity contribution < 1.29 is 26.8 Å². The lowest BCUT2D eigenvalue weighted by Crippen LogP contribution is -2.32. The summed E-state index contributed by atoms with van der Waals surface area (Å²) in [6.45, 7) is 1.91. The van der Waals surface area contributed by atoms with Crippen LogP contribution in [-0.4, -0.2) is 34.9 Å². The van der Waals surface area contributed by atoms with E-state index in [2.05, 4.69) is 10.3 Å². The summed E-state index contributed by atoms with van der Waals surface area (Å²) < 4.78 is 49.6. The minimum atomic E-state index is -4.73. The maximum Gasteiger partial charge on any atom is 0.450 e. The number of anilines is 1. The van der Waals surface area contributed by atoms with Crippen LogP contribution >= 0.6 is 11.6 Å². The second kappa shape index (κ2) is 6.73. The molecule has 3 aromatic rings. The second-order valence-electron chi connectivity index (χ2n) is 6.61. The summed E-state index contributed by atoms with van der Waals surface area (Å²) in [5, 5.41) is 3.59. The van der Waals surface area contributed by atoms with E-state index in [0.717, 1.165) is 6.07 Å². The van der Waals surface area contributed by atoms with Crippen LogP contribution in [0.2, 0.25) is 5.02 Å². The fourth-order valence-corrected chi connectivity index (χ4v) is 3.41. The van der Waals surface area contributed by atoms with Crippen LogP contribution in [0.3, 0.4) is 0 Å². The summed E-state index contributed by atoms with van der Waals surface area (Å²) in [5.41, 5.74) is 0.674. The van der Waals surface area contributed by atoms with Gasteiger partial charge in [-0.25, -0.2) is 0 Å². The Balaban J connectivity index is 1.47. The number of benzene rings is 1. The van der Waals surface area contributed by atoms with E-state index in [-0.39, 0.29) is 24.4 Å². The molecule has 1 aromatic carbocycles. The number of furan rings is 1. The Hall–Kier alpha value is -2.68. The topological polar surface area (TPSA) is 71.5 Å². The number of likely N-dealkylation sites (tertiary alicyclic amines) is 1. The Kier molecular flexibility index (Phi) is 4.49. The SMILES string of the molecule is Cc1cc(C(=O)N2CCC(Nc3nc4ccc(Cl)cc4o3)C2)c(C(F)(F)F)o1. The number of oxazole rings is 1. The Morgan fingerprint density at radius 3 is 2.86 bits per heavy atom. The third-order valence-corrected chi connectivity index (χ3v) is 4.73. The van der Waals surface area contributed by atoms with Gasteiger partial charge in [0.2, 0.25) is 5.76 Å². The zero-order valence-electron chi connectivity index (χ0n) is 14.6. The first kappa shape index (κ1) is 18.7. The van der Waals surface area contributed by atoms with Gasteiger partial charge in [0.25, 0.3) is 11.9 Å². The van der Waals surface area contributed by atoms with Gasteiger partial charge >= 0.3 is 6.18 Å². The summed E-state index contributed by atoms with van der Waals surface area (Å²) in [5.74, 6) is -1.94. The van der Waals surface area contributed by atoms with Crippen LogP contribution in [0.15, 0.2) is 33.1 Å². The first-order valence-corrected chi connectivity index (χ1v) is 8.88. The summed E-state index contributed by atoms with van der Waals surface area (Å²) in [7, 11) is 0. The van der Waals surface area contributed by atoms with E-state index >= 15 is 0 Å². The molecule has 1 unspecified atom stereocenters. The van der Waals surface area contributed by atoms with Crippen LogP contribution in [0.25, 0.3) is 11.1 Å². The number of halogens is 4. The van der Waals surface area contributed by atoms with Gasteiger partial charge in [0.1, 0.15) is 11.3 Å². The smallest absolute Gasteiger partial charge is 0.450 e. The van der Waals surface area contributed by atoms with Crippen LogP contribution in [0, 0.1) is 6.92 Å². The molecule has 28 heavy (non-hydrogen) atoms. The molecule has 2 aromatic heterocycles. The normalized spacial score (nSPS) is 17.5. The van der Waals surface area contributed by atoms with Crippen molar-refractivity contribution in [2.24, 2.45) is 0 Å². The van der Waals surface area contributed by atoms with Crippen molar-refractivity contribution in [1.82, 2.24) is 9.88 Å². The Labute approximate surface area is 162 Å². The average Bonchev–Trinajstić information content (AvgIpc) is 3.31. The lowest BCUT2D eigenvalue weighted by Gasteiger charge is -2.17. The maximum absolute atomic E-state index is 13.1. The molecular weight excluding hydrogens is 399 g/mol. The molecular formula is C18H15ClF3N3O3. The predicted octanol–water partition coefficient (Wildman–Crippen LogP) is 4.73. The number of nitrogens with one attached hydrogen (secondary N) is 1. The zero-order chi connectivity index (χ0) is 20.1. The molecule has 1 N–H and O–H groups in total. The average molecular weight is 414 g/mol. The molecule has 1 saturated heterocycles. The van der Waals surface area contributed by atoms with Gasteiger partial charge in [0.15, 0.2) is 5.58 Å². The molecule has 0 saturated carbocycles. The van der Waals surface area contributed by atoms with Crippen LogP contribution in [0.4, 0.5) is 19.2 Å². The monoisotopic (exact) mass is 413 g/mol. The van der Waals surface area contributed by atoms with E-state index < -0.39 is 23.4 Å². The van der Waals surface area contributed by atoms with E-state index in [1.807, 2.05) is 0 Å². The number of carbonyl (C=O) groups excluding carboxylic acids is 1. The summed E-state index contributed by atoms with van der Waals surface area (Å²) in [6.07, 6.45) is -4.18. The Bertz CT molecular complexity index is 1040. The maximum atomic E-state index is 13.1. The number of nitrogens with zero attached hydrogens (tertiary/aromatic N) is 2. The highest BCUT2D eigenvalue weighted by atomic mass is 35.5. The third-order valence-electron chi connectivity index (χ3n) is 4.50. The van der Waals surface area contributed by atoms with Crippen molar-refractivity contribution in [2.45, 2.75) is 25.6 Å².